The first kappa shape index (κ1) is 17.0. The zero-order valence-electron chi connectivity index (χ0n) is 11.8. The quantitative estimate of drug-likeness (QED) is 0.358. The van der Waals surface area contributed by atoms with Crippen LogP contribution in [0.3, 0.4) is 0 Å². The molecule has 0 saturated carbocycles. The Labute approximate surface area is 126 Å². The summed E-state index contributed by atoms with van der Waals surface area (Å²) < 4.78 is 4.71. The first-order valence-electron chi connectivity index (χ1n) is 6.34. The van der Waals surface area contributed by atoms with E-state index in [-0.39, 0.29) is 18.8 Å². The molecule has 0 radical (unpaired) electrons. The largest absolute Gasteiger partial charge is 0.465 e. The molecule has 0 spiro atoms. The van der Waals surface area contributed by atoms with E-state index >= 15 is 0 Å². The molecule has 0 unspecified atom stereocenters. The van der Waals surface area contributed by atoms with Crippen LogP contribution in [0.25, 0.3) is 0 Å². The van der Waals surface area contributed by atoms with Crippen molar-refractivity contribution in [3.05, 3.63) is 33.9 Å². The summed E-state index contributed by atoms with van der Waals surface area (Å²) in [5.41, 5.74) is 0.227. The van der Waals surface area contributed by atoms with Crippen molar-refractivity contribution >= 4 is 29.3 Å². The number of hydrogen-bond acceptors (Lipinski definition) is 6. The van der Waals surface area contributed by atoms with Crippen LogP contribution in [0.2, 0.25) is 0 Å². The SMILES string of the molecule is CCOC(=O)CNC(=O)c1ccc([N+](=O)[O-])cc1SCC. The average molecular weight is 312 g/mol. The predicted molar refractivity (Wildman–Crippen MR) is 78.5 cm³/mol. The van der Waals surface area contributed by atoms with Gasteiger partial charge in [-0.3, -0.25) is 19.7 Å². The lowest BCUT2D eigenvalue weighted by Gasteiger charge is -2.09. The van der Waals surface area contributed by atoms with Crippen LogP contribution in [0.1, 0.15) is 24.2 Å². The molecular weight excluding hydrogens is 296 g/mol. The van der Waals surface area contributed by atoms with Crippen LogP contribution in [0.4, 0.5) is 5.69 Å². The highest BCUT2D eigenvalue weighted by atomic mass is 32.2. The molecule has 1 aromatic rings. The third-order valence-corrected chi connectivity index (χ3v) is 3.36. The minimum Gasteiger partial charge on any atom is -0.465 e. The number of benzene rings is 1. The van der Waals surface area contributed by atoms with Crippen LogP contribution in [0.5, 0.6) is 0 Å². The van der Waals surface area contributed by atoms with E-state index in [0.717, 1.165) is 0 Å². The van der Waals surface area contributed by atoms with Crippen molar-refractivity contribution in [1.29, 1.82) is 0 Å². The number of non-ortho nitro benzene ring substituents is 1. The summed E-state index contributed by atoms with van der Waals surface area (Å²) in [4.78, 5) is 34.0. The predicted octanol–water partition coefficient (Wildman–Crippen LogP) is 2.00. The van der Waals surface area contributed by atoms with E-state index in [4.69, 9.17) is 4.74 Å². The summed E-state index contributed by atoms with van der Waals surface area (Å²) >= 11 is 1.32. The Hall–Kier alpha value is -2.09. The first-order valence-corrected chi connectivity index (χ1v) is 7.33. The van der Waals surface area contributed by atoms with Crippen molar-refractivity contribution < 1.29 is 19.2 Å². The molecule has 0 aliphatic heterocycles. The number of ether oxygens (including phenoxy) is 1. The fourth-order valence-corrected chi connectivity index (χ4v) is 2.38. The second-order valence-electron chi connectivity index (χ2n) is 3.86. The van der Waals surface area contributed by atoms with Crippen molar-refractivity contribution in [3.8, 4) is 0 Å². The molecule has 7 nitrogen and oxygen atoms in total. The van der Waals surface area contributed by atoms with Gasteiger partial charge in [0.05, 0.1) is 17.1 Å². The normalized spacial score (nSPS) is 10.0. The van der Waals surface area contributed by atoms with Gasteiger partial charge < -0.3 is 10.1 Å². The summed E-state index contributed by atoms with van der Waals surface area (Å²) in [7, 11) is 0. The lowest BCUT2D eigenvalue weighted by atomic mass is 10.2. The maximum absolute atomic E-state index is 12.0. The van der Waals surface area contributed by atoms with Gasteiger partial charge in [0.25, 0.3) is 11.6 Å². The highest BCUT2D eigenvalue weighted by Crippen LogP contribution is 2.27. The Kier molecular flexibility index (Phi) is 6.67. The second kappa shape index (κ2) is 8.25. The standard InChI is InChI=1S/C13H16N2O5S/c1-3-20-12(16)8-14-13(17)10-6-5-9(15(18)19)7-11(10)21-4-2/h5-7H,3-4,8H2,1-2H3,(H,14,17). The number of carbonyl (C=O) groups excluding carboxylic acids is 2. The molecular formula is C13H16N2O5S. The molecule has 0 bridgehead atoms. The Balaban J connectivity index is 2.87. The molecule has 114 valence electrons. The Morgan fingerprint density at radius 1 is 1.38 bits per heavy atom. The van der Waals surface area contributed by atoms with Crippen LogP contribution < -0.4 is 5.32 Å². The van der Waals surface area contributed by atoms with Gasteiger partial charge in [-0.2, -0.15) is 0 Å². The zero-order chi connectivity index (χ0) is 15.8. The number of carbonyl (C=O) groups is 2. The number of esters is 1. The molecule has 1 aromatic carbocycles. The lowest BCUT2D eigenvalue weighted by Crippen LogP contribution is -2.31. The third-order valence-electron chi connectivity index (χ3n) is 2.42. The summed E-state index contributed by atoms with van der Waals surface area (Å²) in [6, 6.07) is 4.00. The van der Waals surface area contributed by atoms with E-state index in [2.05, 4.69) is 5.32 Å². The van der Waals surface area contributed by atoms with Gasteiger partial charge in [-0.25, -0.2) is 0 Å². The van der Waals surface area contributed by atoms with Crippen LogP contribution >= 0.6 is 11.8 Å². The van der Waals surface area contributed by atoms with Gasteiger partial charge in [-0.15, -0.1) is 11.8 Å². The van der Waals surface area contributed by atoms with Gasteiger partial charge in [0.15, 0.2) is 0 Å². The van der Waals surface area contributed by atoms with Crippen molar-refractivity contribution in [2.75, 3.05) is 18.9 Å². The molecule has 1 rings (SSSR count). The molecule has 0 atom stereocenters. The number of rotatable bonds is 7. The fraction of sp³-hybridized carbons (Fsp3) is 0.385. The molecule has 0 heterocycles. The third kappa shape index (κ3) is 5.07. The Morgan fingerprint density at radius 2 is 2.10 bits per heavy atom. The van der Waals surface area contributed by atoms with Crippen LogP contribution in [-0.4, -0.2) is 35.7 Å². The summed E-state index contributed by atoms with van der Waals surface area (Å²) in [5.74, 6) is -0.328. The highest BCUT2D eigenvalue weighted by molar-refractivity contribution is 7.99. The van der Waals surface area contributed by atoms with Crippen molar-refractivity contribution in [2.45, 2.75) is 18.7 Å². The number of nitrogens with zero attached hydrogens (tertiary/aromatic N) is 1. The van der Waals surface area contributed by atoms with E-state index in [1.165, 1.54) is 30.0 Å². The lowest BCUT2D eigenvalue weighted by molar-refractivity contribution is -0.385. The van der Waals surface area contributed by atoms with Gasteiger partial charge >= 0.3 is 5.97 Å². The molecule has 0 fully saturated rings. The Morgan fingerprint density at radius 3 is 2.67 bits per heavy atom. The van der Waals surface area contributed by atoms with Gasteiger partial charge in [-0.05, 0) is 18.7 Å². The number of nitro benzene ring substituents is 1. The fourth-order valence-electron chi connectivity index (χ4n) is 1.55. The smallest absolute Gasteiger partial charge is 0.325 e. The number of amides is 1. The molecule has 1 amide bonds. The second-order valence-corrected chi connectivity index (χ2v) is 5.16. The first-order chi connectivity index (χ1) is 9.99. The van der Waals surface area contributed by atoms with Crippen LogP contribution in [0.15, 0.2) is 23.1 Å². The van der Waals surface area contributed by atoms with E-state index in [1.807, 2.05) is 6.92 Å². The topological polar surface area (TPSA) is 98.5 Å². The molecule has 8 heteroatoms. The van der Waals surface area contributed by atoms with Crippen molar-refractivity contribution in [2.24, 2.45) is 0 Å². The van der Waals surface area contributed by atoms with Gasteiger partial charge in [0.2, 0.25) is 0 Å². The number of nitro groups is 1. The van der Waals surface area contributed by atoms with E-state index in [1.54, 1.807) is 6.92 Å². The number of thioether (sulfide) groups is 1. The van der Waals surface area contributed by atoms with Crippen molar-refractivity contribution in [3.63, 3.8) is 0 Å². The average Bonchev–Trinajstić information content (AvgIpc) is 2.45. The van der Waals surface area contributed by atoms with Crippen molar-refractivity contribution in [1.82, 2.24) is 5.32 Å². The minimum absolute atomic E-state index is 0.0760. The molecule has 21 heavy (non-hydrogen) atoms. The monoisotopic (exact) mass is 312 g/mol. The van der Waals surface area contributed by atoms with Gasteiger partial charge in [0, 0.05) is 17.0 Å². The van der Waals surface area contributed by atoms with E-state index in [9.17, 15) is 19.7 Å². The summed E-state index contributed by atoms with van der Waals surface area (Å²) in [5, 5.41) is 13.2. The maximum atomic E-state index is 12.0. The van der Waals surface area contributed by atoms with Crippen LogP contribution in [0, 0.1) is 10.1 Å². The van der Waals surface area contributed by atoms with E-state index < -0.39 is 16.8 Å². The number of hydrogen-bond donors (Lipinski definition) is 1. The highest BCUT2D eigenvalue weighted by Gasteiger charge is 2.16. The molecule has 0 aliphatic carbocycles. The number of nitrogens with one attached hydrogen (secondary N) is 1. The summed E-state index contributed by atoms with van der Waals surface area (Å²) in [6.45, 7) is 3.55. The van der Waals surface area contributed by atoms with Gasteiger partial charge in [-0.1, -0.05) is 6.92 Å². The minimum atomic E-state index is -0.530. The molecule has 0 aliphatic rings. The molecule has 1 N–H and O–H groups in total. The van der Waals surface area contributed by atoms with E-state index in [0.29, 0.717) is 16.2 Å². The summed E-state index contributed by atoms with van der Waals surface area (Å²) in [6.07, 6.45) is 0. The maximum Gasteiger partial charge on any atom is 0.325 e. The zero-order valence-corrected chi connectivity index (χ0v) is 12.6. The van der Waals surface area contributed by atoms with Gasteiger partial charge in [0.1, 0.15) is 6.54 Å². The molecule has 0 saturated heterocycles. The Bertz CT molecular complexity index is 547. The van der Waals surface area contributed by atoms with Crippen LogP contribution in [-0.2, 0) is 9.53 Å². The molecule has 0 aromatic heterocycles.